The molecule has 0 bridgehead atoms. The van der Waals surface area contributed by atoms with Gasteiger partial charge in [0.05, 0.1) is 5.69 Å². The van der Waals surface area contributed by atoms with Gasteiger partial charge in [0.2, 0.25) is 0 Å². The molecule has 3 heteroatoms. The summed E-state index contributed by atoms with van der Waals surface area (Å²) in [6.45, 7) is 0. The van der Waals surface area contributed by atoms with E-state index in [1.165, 1.54) is 0 Å². The van der Waals surface area contributed by atoms with Gasteiger partial charge in [0.25, 0.3) is 0 Å². The van der Waals surface area contributed by atoms with Crippen molar-refractivity contribution in [2.45, 2.75) is 12.5 Å². The third-order valence-corrected chi connectivity index (χ3v) is 2.43. The molecule has 2 rings (SSSR count). The molecule has 0 saturated heterocycles. The average Bonchev–Trinajstić information content (AvgIpc) is 2.38. The predicted octanol–water partition coefficient (Wildman–Crippen LogP) is 3.13. The van der Waals surface area contributed by atoms with Crippen molar-refractivity contribution in [3.63, 3.8) is 0 Å². The Morgan fingerprint density at radius 3 is 2.44 bits per heavy atom. The normalized spacial score (nSPS) is 12.0. The largest absolute Gasteiger partial charge is 0.259 e. The van der Waals surface area contributed by atoms with Crippen molar-refractivity contribution in [3.8, 4) is 0 Å². The van der Waals surface area contributed by atoms with E-state index in [4.69, 9.17) is 0 Å². The van der Waals surface area contributed by atoms with Gasteiger partial charge in [-0.15, -0.1) is 0 Å². The molecule has 0 aliphatic carbocycles. The predicted molar refractivity (Wildman–Crippen MR) is 62.9 cm³/mol. The summed E-state index contributed by atoms with van der Waals surface area (Å²) in [5.74, 6) is 0. The fourth-order valence-corrected chi connectivity index (χ4v) is 1.61. The van der Waals surface area contributed by atoms with Crippen molar-refractivity contribution in [1.29, 1.82) is 0 Å². The number of pyridine rings is 1. The maximum Gasteiger partial charge on any atom is 0.138 e. The van der Waals surface area contributed by atoms with Gasteiger partial charge >= 0.3 is 0 Å². The van der Waals surface area contributed by atoms with Crippen LogP contribution in [0.25, 0.3) is 0 Å². The Kier molecular flexibility index (Phi) is 3.38. The van der Waals surface area contributed by atoms with Crippen LogP contribution in [-0.4, -0.2) is 4.98 Å². The molecule has 2 aromatic rings. The minimum Gasteiger partial charge on any atom is -0.259 e. The van der Waals surface area contributed by atoms with Crippen molar-refractivity contribution in [2.75, 3.05) is 0 Å². The number of hydrogen-bond donors (Lipinski definition) is 0. The van der Waals surface area contributed by atoms with Crippen LogP contribution in [0.1, 0.15) is 17.3 Å². The highest BCUT2D eigenvalue weighted by Crippen LogP contribution is 2.19. The van der Waals surface area contributed by atoms with Crippen molar-refractivity contribution in [3.05, 3.63) is 70.9 Å². The molecule has 0 radical (unpaired) electrons. The van der Waals surface area contributed by atoms with Crippen LogP contribution in [0.4, 0.5) is 0 Å². The van der Waals surface area contributed by atoms with Crippen LogP contribution >= 0.6 is 0 Å². The van der Waals surface area contributed by atoms with Gasteiger partial charge in [-0.1, -0.05) is 41.6 Å². The second-order valence-electron chi connectivity index (χ2n) is 3.57. The molecular formula is C13H12N2O. The van der Waals surface area contributed by atoms with Crippen molar-refractivity contribution < 1.29 is 0 Å². The number of rotatable bonds is 4. The SMILES string of the molecule is O=NC(Cc1ccccc1)c1ccccn1. The van der Waals surface area contributed by atoms with Crippen LogP contribution in [0.5, 0.6) is 0 Å². The molecule has 3 nitrogen and oxygen atoms in total. The maximum atomic E-state index is 10.8. The van der Waals surface area contributed by atoms with Crippen molar-refractivity contribution >= 4 is 0 Å². The zero-order valence-corrected chi connectivity index (χ0v) is 8.78. The van der Waals surface area contributed by atoms with Gasteiger partial charge in [-0.2, -0.15) is 4.91 Å². The second kappa shape index (κ2) is 5.16. The minimum absolute atomic E-state index is 0.399. The van der Waals surface area contributed by atoms with Gasteiger partial charge in [0.1, 0.15) is 6.04 Å². The van der Waals surface area contributed by atoms with Crippen LogP contribution in [0.15, 0.2) is 59.9 Å². The Morgan fingerprint density at radius 2 is 1.81 bits per heavy atom. The Morgan fingerprint density at radius 1 is 1.06 bits per heavy atom. The van der Waals surface area contributed by atoms with E-state index in [-0.39, 0.29) is 0 Å². The van der Waals surface area contributed by atoms with E-state index in [0.717, 1.165) is 11.3 Å². The second-order valence-corrected chi connectivity index (χ2v) is 3.57. The van der Waals surface area contributed by atoms with Gasteiger partial charge in [0.15, 0.2) is 0 Å². The molecule has 1 atom stereocenters. The first-order valence-electron chi connectivity index (χ1n) is 5.17. The topological polar surface area (TPSA) is 42.3 Å². The summed E-state index contributed by atoms with van der Waals surface area (Å²) in [7, 11) is 0. The zero-order valence-electron chi connectivity index (χ0n) is 8.78. The molecule has 1 aromatic heterocycles. The number of benzene rings is 1. The summed E-state index contributed by atoms with van der Waals surface area (Å²) in [5, 5.41) is 3.14. The lowest BCUT2D eigenvalue weighted by Gasteiger charge is -2.07. The van der Waals surface area contributed by atoms with Crippen molar-refractivity contribution in [2.24, 2.45) is 5.18 Å². The van der Waals surface area contributed by atoms with E-state index < -0.39 is 6.04 Å². The van der Waals surface area contributed by atoms with E-state index in [0.29, 0.717) is 6.42 Å². The molecular weight excluding hydrogens is 200 g/mol. The lowest BCUT2D eigenvalue weighted by molar-refractivity contribution is 0.693. The molecule has 0 aliphatic heterocycles. The molecule has 0 N–H and O–H groups in total. The molecule has 1 heterocycles. The molecule has 80 valence electrons. The highest BCUT2D eigenvalue weighted by Gasteiger charge is 2.13. The van der Waals surface area contributed by atoms with Crippen LogP contribution in [0.3, 0.4) is 0 Å². The maximum absolute atomic E-state index is 10.8. The zero-order chi connectivity index (χ0) is 11.2. The lowest BCUT2D eigenvalue weighted by Crippen LogP contribution is -2.01. The van der Waals surface area contributed by atoms with Crippen molar-refractivity contribution in [1.82, 2.24) is 4.98 Å². The van der Waals surface area contributed by atoms with E-state index in [1.807, 2.05) is 48.5 Å². The summed E-state index contributed by atoms with van der Waals surface area (Å²) in [4.78, 5) is 15.0. The highest BCUT2D eigenvalue weighted by atomic mass is 16.3. The van der Waals surface area contributed by atoms with Gasteiger partial charge < -0.3 is 0 Å². The third-order valence-electron chi connectivity index (χ3n) is 2.43. The van der Waals surface area contributed by atoms with Crippen LogP contribution in [0.2, 0.25) is 0 Å². The molecule has 16 heavy (non-hydrogen) atoms. The van der Waals surface area contributed by atoms with Crippen LogP contribution in [-0.2, 0) is 6.42 Å². The molecule has 0 saturated carbocycles. The molecule has 0 fully saturated rings. The standard InChI is InChI=1S/C13H12N2O/c16-15-13(12-8-4-5-9-14-12)10-11-6-2-1-3-7-11/h1-9,13H,10H2. The van der Waals surface area contributed by atoms with Gasteiger partial charge in [0, 0.05) is 12.6 Å². The molecule has 0 spiro atoms. The first-order valence-corrected chi connectivity index (χ1v) is 5.17. The van der Waals surface area contributed by atoms with Crippen LogP contribution < -0.4 is 0 Å². The molecule has 1 unspecified atom stereocenters. The number of hydrogen-bond acceptors (Lipinski definition) is 3. The van der Waals surface area contributed by atoms with Gasteiger partial charge in [-0.25, -0.2) is 0 Å². The fourth-order valence-electron chi connectivity index (χ4n) is 1.61. The van der Waals surface area contributed by atoms with E-state index in [9.17, 15) is 4.91 Å². The van der Waals surface area contributed by atoms with Gasteiger partial charge in [-0.3, -0.25) is 4.98 Å². The summed E-state index contributed by atoms with van der Waals surface area (Å²) < 4.78 is 0. The highest BCUT2D eigenvalue weighted by molar-refractivity contribution is 5.19. The average molecular weight is 212 g/mol. The number of aromatic nitrogens is 1. The monoisotopic (exact) mass is 212 g/mol. The Balaban J connectivity index is 2.16. The first-order chi connectivity index (χ1) is 7.90. The fraction of sp³-hybridized carbons (Fsp3) is 0.154. The van der Waals surface area contributed by atoms with E-state index in [1.54, 1.807) is 6.20 Å². The third kappa shape index (κ3) is 2.51. The summed E-state index contributed by atoms with van der Waals surface area (Å²) >= 11 is 0. The molecule has 1 aromatic carbocycles. The number of nitroso groups, excluding NO2 is 1. The Hall–Kier alpha value is -2.03. The van der Waals surface area contributed by atoms with Crippen LogP contribution in [0, 0.1) is 4.91 Å². The number of nitrogens with zero attached hydrogens (tertiary/aromatic N) is 2. The minimum atomic E-state index is -0.399. The Bertz CT molecular complexity index is 442. The molecule has 0 aliphatic rings. The van der Waals surface area contributed by atoms with Gasteiger partial charge in [-0.05, 0) is 17.7 Å². The summed E-state index contributed by atoms with van der Waals surface area (Å²) in [6, 6.07) is 15.0. The summed E-state index contributed by atoms with van der Waals surface area (Å²) in [6.07, 6.45) is 2.28. The summed E-state index contributed by atoms with van der Waals surface area (Å²) in [5.41, 5.74) is 1.82. The van der Waals surface area contributed by atoms with E-state index >= 15 is 0 Å². The lowest BCUT2D eigenvalue weighted by atomic mass is 10.0. The van der Waals surface area contributed by atoms with E-state index in [2.05, 4.69) is 10.2 Å². The smallest absolute Gasteiger partial charge is 0.138 e. The first kappa shape index (κ1) is 10.5. The molecule has 0 amide bonds. The quantitative estimate of drug-likeness (QED) is 0.730. The Labute approximate surface area is 94.1 Å².